The fourth-order valence-electron chi connectivity index (χ4n) is 1.93. The summed E-state index contributed by atoms with van der Waals surface area (Å²) < 4.78 is 24.7. The highest BCUT2D eigenvalue weighted by atomic mass is 35.5. The van der Waals surface area contributed by atoms with Gasteiger partial charge in [-0.1, -0.05) is 0 Å². The third-order valence-corrected chi connectivity index (χ3v) is 5.76. The lowest BCUT2D eigenvalue weighted by Gasteiger charge is -2.24. The van der Waals surface area contributed by atoms with Crippen molar-refractivity contribution in [3.8, 4) is 0 Å². The first-order valence-corrected chi connectivity index (χ1v) is 8.61. The van der Waals surface area contributed by atoms with E-state index in [1.165, 1.54) is 6.26 Å². The SMILES string of the molecule is CC(Cl)c1nc2cccnc2n1CC(C)(C)S(C)(=O)=O. The smallest absolute Gasteiger partial charge is 0.160 e. The Hall–Kier alpha value is -1.14. The summed E-state index contributed by atoms with van der Waals surface area (Å²) in [4.78, 5) is 8.75. The van der Waals surface area contributed by atoms with E-state index < -0.39 is 14.6 Å². The topological polar surface area (TPSA) is 64.8 Å². The first-order valence-electron chi connectivity index (χ1n) is 6.28. The quantitative estimate of drug-likeness (QED) is 0.813. The molecule has 0 bridgehead atoms. The number of alkyl halides is 1. The summed E-state index contributed by atoms with van der Waals surface area (Å²) in [5.74, 6) is 0.636. The molecular formula is C13H18ClN3O2S. The lowest BCUT2D eigenvalue weighted by molar-refractivity contribution is 0.498. The van der Waals surface area contributed by atoms with Crippen LogP contribution in [0.25, 0.3) is 11.2 Å². The van der Waals surface area contributed by atoms with Gasteiger partial charge in [-0.15, -0.1) is 11.6 Å². The van der Waals surface area contributed by atoms with Gasteiger partial charge in [0.05, 0.1) is 10.1 Å². The van der Waals surface area contributed by atoms with E-state index in [2.05, 4.69) is 9.97 Å². The summed E-state index contributed by atoms with van der Waals surface area (Å²) >= 11 is 6.16. The summed E-state index contributed by atoms with van der Waals surface area (Å²) in [5.41, 5.74) is 1.38. The molecule has 7 heteroatoms. The number of rotatable bonds is 4. The van der Waals surface area contributed by atoms with Gasteiger partial charge in [-0.25, -0.2) is 18.4 Å². The second-order valence-electron chi connectivity index (χ2n) is 5.55. The Labute approximate surface area is 123 Å². The van der Waals surface area contributed by atoms with Crippen molar-refractivity contribution in [3.63, 3.8) is 0 Å². The minimum absolute atomic E-state index is 0.270. The summed E-state index contributed by atoms with van der Waals surface area (Å²) in [7, 11) is -3.21. The van der Waals surface area contributed by atoms with Crippen LogP contribution in [0.15, 0.2) is 18.3 Å². The van der Waals surface area contributed by atoms with Crippen molar-refractivity contribution in [1.82, 2.24) is 14.5 Å². The zero-order chi connectivity index (χ0) is 15.1. The van der Waals surface area contributed by atoms with E-state index in [0.717, 1.165) is 5.52 Å². The highest BCUT2D eigenvalue weighted by molar-refractivity contribution is 7.92. The number of fused-ring (bicyclic) bond motifs is 1. The number of hydrogen-bond donors (Lipinski definition) is 0. The van der Waals surface area contributed by atoms with Gasteiger partial charge < -0.3 is 4.57 Å². The van der Waals surface area contributed by atoms with Gasteiger partial charge in [0, 0.05) is 19.0 Å². The van der Waals surface area contributed by atoms with Crippen molar-refractivity contribution in [1.29, 1.82) is 0 Å². The second-order valence-corrected chi connectivity index (χ2v) is 8.85. The molecule has 0 N–H and O–H groups in total. The average molecular weight is 316 g/mol. The highest BCUT2D eigenvalue weighted by Gasteiger charge is 2.32. The molecule has 1 unspecified atom stereocenters. The molecule has 2 rings (SSSR count). The second kappa shape index (κ2) is 5.00. The predicted molar refractivity (Wildman–Crippen MR) is 80.7 cm³/mol. The molecular weight excluding hydrogens is 298 g/mol. The Morgan fingerprint density at radius 3 is 2.65 bits per heavy atom. The van der Waals surface area contributed by atoms with Gasteiger partial charge in [0.15, 0.2) is 15.5 Å². The van der Waals surface area contributed by atoms with E-state index in [1.54, 1.807) is 30.7 Å². The molecule has 0 aliphatic rings. The van der Waals surface area contributed by atoms with Crippen LogP contribution in [0.2, 0.25) is 0 Å². The molecule has 20 heavy (non-hydrogen) atoms. The fraction of sp³-hybridized carbons (Fsp3) is 0.538. The van der Waals surface area contributed by atoms with Crippen LogP contribution in [0.1, 0.15) is 32.0 Å². The Balaban J connectivity index is 2.61. The maximum atomic E-state index is 11.9. The van der Waals surface area contributed by atoms with Gasteiger partial charge in [-0.3, -0.25) is 0 Å². The Morgan fingerprint density at radius 2 is 2.10 bits per heavy atom. The molecule has 0 amide bonds. The normalized spacial score (nSPS) is 14.7. The van der Waals surface area contributed by atoms with E-state index in [0.29, 0.717) is 11.5 Å². The molecule has 2 aromatic heterocycles. The molecule has 2 heterocycles. The monoisotopic (exact) mass is 315 g/mol. The Morgan fingerprint density at radius 1 is 1.45 bits per heavy atom. The zero-order valence-electron chi connectivity index (χ0n) is 12.0. The first-order chi connectivity index (χ1) is 9.13. The van der Waals surface area contributed by atoms with Gasteiger partial charge >= 0.3 is 0 Å². The summed E-state index contributed by atoms with van der Waals surface area (Å²) in [6, 6.07) is 3.64. The minimum Gasteiger partial charge on any atom is -0.310 e. The maximum absolute atomic E-state index is 11.9. The predicted octanol–water partition coefficient (Wildman–Crippen LogP) is 2.55. The number of pyridine rings is 1. The van der Waals surface area contributed by atoms with Crippen molar-refractivity contribution in [3.05, 3.63) is 24.2 Å². The lowest BCUT2D eigenvalue weighted by Crippen LogP contribution is -2.36. The van der Waals surface area contributed by atoms with Crippen LogP contribution < -0.4 is 0 Å². The number of aromatic nitrogens is 3. The molecule has 1 atom stereocenters. The standard InChI is InChI=1S/C13H18ClN3O2S/c1-9(14)11-16-10-6-5-7-15-12(10)17(11)8-13(2,3)20(4,18)19/h5-7,9H,8H2,1-4H3. The fourth-order valence-corrected chi connectivity index (χ4v) is 2.46. The van der Waals surface area contributed by atoms with Crippen LogP contribution in [0.3, 0.4) is 0 Å². The number of hydrogen-bond acceptors (Lipinski definition) is 4. The van der Waals surface area contributed by atoms with Gasteiger partial charge in [0.25, 0.3) is 0 Å². The molecule has 0 radical (unpaired) electrons. The largest absolute Gasteiger partial charge is 0.310 e. The highest BCUT2D eigenvalue weighted by Crippen LogP contribution is 2.27. The van der Waals surface area contributed by atoms with E-state index in [9.17, 15) is 8.42 Å². The maximum Gasteiger partial charge on any atom is 0.160 e. The molecule has 2 aromatic rings. The summed E-state index contributed by atoms with van der Waals surface area (Å²) in [5, 5.41) is -0.320. The molecule has 0 fully saturated rings. The lowest BCUT2D eigenvalue weighted by atomic mass is 10.2. The molecule has 110 valence electrons. The number of imidazole rings is 1. The molecule has 0 aliphatic heterocycles. The van der Waals surface area contributed by atoms with Gasteiger partial charge in [-0.05, 0) is 32.9 Å². The van der Waals surface area contributed by atoms with Crippen molar-refractivity contribution < 1.29 is 8.42 Å². The third-order valence-electron chi connectivity index (χ3n) is 3.43. The molecule has 0 saturated heterocycles. The summed E-state index contributed by atoms with van der Waals surface area (Å²) in [6.45, 7) is 5.47. The van der Waals surface area contributed by atoms with E-state index >= 15 is 0 Å². The van der Waals surface area contributed by atoms with Crippen LogP contribution in [-0.4, -0.2) is 34.0 Å². The molecule has 0 aliphatic carbocycles. The molecule has 0 saturated carbocycles. The first kappa shape index (κ1) is 15.3. The Kier molecular flexibility index (Phi) is 3.81. The molecule has 0 aromatic carbocycles. The van der Waals surface area contributed by atoms with Crippen LogP contribution in [0, 0.1) is 0 Å². The number of sulfone groups is 1. The van der Waals surface area contributed by atoms with E-state index in [4.69, 9.17) is 11.6 Å². The van der Waals surface area contributed by atoms with Gasteiger partial charge in [0.2, 0.25) is 0 Å². The van der Waals surface area contributed by atoms with Crippen molar-refractivity contribution in [2.75, 3.05) is 6.26 Å². The molecule has 5 nitrogen and oxygen atoms in total. The van der Waals surface area contributed by atoms with E-state index in [-0.39, 0.29) is 11.9 Å². The van der Waals surface area contributed by atoms with Crippen LogP contribution >= 0.6 is 11.6 Å². The van der Waals surface area contributed by atoms with Gasteiger partial charge in [-0.2, -0.15) is 0 Å². The minimum atomic E-state index is -3.21. The van der Waals surface area contributed by atoms with Gasteiger partial charge in [0.1, 0.15) is 11.3 Å². The molecule has 0 spiro atoms. The van der Waals surface area contributed by atoms with Crippen molar-refractivity contribution in [2.24, 2.45) is 0 Å². The van der Waals surface area contributed by atoms with Crippen molar-refractivity contribution >= 4 is 32.6 Å². The third kappa shape index (κ3) is 2.67. The van der Waals surface area contributed by atoms with E-state index in [1.807, 2.05) is 13.0 Å². The van der Waals surface area contributed by atoms with Crippen LogP contribution in [0.5, 0.6) is 0 Å². The average Bonchev–Trinajstić information content (AvgIpc) is 2.67. The Bertz CT molecular complexity index is 735. The number of nitrogens with zero attached hydrogens (tertiary/aromatic N) is 3. The zero-order valence-corrected chi connectivity index (χ0v) is 13.5. The van der Waals surface area contributed by atoms with Crippen molar-refractivity contribution in [2.45, 2.75) is 37.4 Å². The summed E-state index contributed by atoms with van der Waals surface area (Å²) in [6.07, 6.45) is 2.90. The van der Waals surface area contributed by atoms with Crippen LogP contribution in [-0.2, 0) is 16.4 Å². The number of halogens is 1. The van der Waals surface area contributed by atoms with Crippen LogP contribution in [0.4, 0.5) is 0 Å².